The molecule has 178 valence electrons. The van der Waals surface area contributed by atoms with Crippen molar-refractivity contribution in [2.45, 2.75) is 24.4 Å². The van der Waals surface area contributed by atoms with E-state index in [0.29, 0.717) is 10.8 Å². The zero-order valence-electron chi connectivity index (χ0n) is 14.9. The van der Waals surface area contributed by atoms with Gasteiger partial charge in [0.15, 0.2) is 11.6 Å². The number of nitrogen functional groups attached to an aromatic ring is 1. The van der Waals surface area contributed by atoms with Gasteiger partial charge in [0.1, 0.15) is 11.8 Å². The second kappa shape index (κ2) is 9.23. The largest absolute Gasteiger partial charge is 0.490 e. The number of anilines is 1. The molecule has 16 nitrogen and oxygen atoms in total. The number of aliphatic hydroxyl groups excluding tert-OH is 1. The van der Waals surface area contributed by atoms with Gasteiger partial charge in [-0.2, -0.15) is 13.6 Å². The Kier molecular flexibility index (Phi) is 7.89. The van der Waals surface area contributed by atoms with Crippen molar-refractivity contribution in [3.05, 3.63) is 22.5 Å². The number of nitrogens with zero attached hydrogens (tertiary/aromatic N) is 2. The van der Waals surface area contributed by atoms with Gasteiger partial charge in [0.25, 0.3) is 0 Å². The molecular weight excluding hydrogens is 517 g/mol. The molecule has 1 aliphatic rings. The first-order valence-electron chi connectivity index (χ1n) is 7.73. The summed E-state index contributed by atoms with van der Waals surface area (Å²) in [5, 5.41) is 10.3. The van der Waals surface area contributed by atoms with Crippen LogP contribution < -0.4 is 11.4 Å². The second-order valence-corrected chi connectivity index (χ2v) is 10.7. The number of aromatic nitrogens is 2. The van der Waals surface area contributed by atoms with Gasteiger partial charge in [-0.15, -0.1) is 11.6 Å². The van der Waals surface area contributed by atoms with Crippen LogP contribution in [-0.2, 0) is 31.6 Å². The Morgan fingerprint density at radius 3 is 2.45 bits per heavy atom. The molecule has 2 unspecified atom stereocenters. The third-order valence-corrected chi connectivity index (χ3v) is 8.00. The monoisotopic (exact) mass is 533 g/mol. The second-order valence-electron chi connectivity index (χ2n) is 6.05. The molecule has 1 aromatic heterocycles. The first kappa shape index (κ1) is 26.5. The first-order chi connectivity index (χ1) is 14.0. The number of phosphoric acid groups is 3. The maximum absolute atomic E-state index is 13.6. The summed E-state index contributed by atoms with van der Waals surface area (Å²) in [5.74, 6) is -2.38. The van der Waals surface area contributed by atoms with E-state index in [1.165, 1.54) is 0 Å². The standard InChI is InChI=1S/C10H16ClFN3O13P3/c11-3-10(4-25-30(21,22)28-31(23,24)27-29(18,19)20)6(16)1-7(26-10)15-2-5(12)8(13)14-9(15)17/h2,6-7,16H,1,3-4H2,(H,21,22)(H,23,24)(H2,13,14,17)(H2,18,19,20)/t6-,7+,10+/m0/s1. The zero-order valence-corrected chi connectivity index (χ0v) is 18.4. The summed E-state index contributed by atoms with van der Waals surface area (Å²) < 4.78 is 65.1. The molecule has 0 saturated carbocycles. The Bertz CT molecular complexity index is 1030. The van der Waals surface area contributed by atoms with Crippen molar-refractivity contribution in [3.8, 4) is 0 Å². The summed E-state index contributed by atoms with van der Waals surface area (Å²) in [5.41, 5.74) is 2.12. The van der Waals surface area contributed by atoms with Gasteiger partial charge in [0, 0.05) is 6.42 Å². The summed E-state index contributed by atoms with van der Waals surface area (Å²) in [6.45, 7) is -1.09. The SMILES string of the molecule is Nc1nc(=O)n([C@H]2C[C@H](O)[C@@](CCl)(COP(=O)(O)OP(=O)(O)OP(=O)(O)O)O2)cc1F. The third-order valence-electron chi connectivity index (χ3n) is 3.76. The van der Waals surface area contributed by atoms with Crippen molar-refractivity contribution >= 4 is 40.9 Å². The Labute approximate surface area is 176 Å². The van der Waals surface area contributed by atoms with E-state index in [1.54, 1.807) is 0 Å². The Hall–Kier alpha value is -0.770. The van der Waals surface area contributed by atoms with E-state index in [4.69, 9.17) is 36.8 Å². The summed E-state index contributed by atoms with van der Waals surface area (Å²) in [6, 6.07) is 0. The summed E-state index contributed by atoms with van der Waals surface area (Å²) in [6.07, 6.45) is -2.69. The molecule has 2 rings (SSSR count). The third kappa shape index (κ3) is 6.85. The molecule has 0 aromatic carbocycles. The lowest BCUT2D eigenvalue weighted by atomic mass is 10.0. The lowest BCUT2D eigenvalue weighted by Gasteiger charge is -2.30. The van der Waals surface area contributed by atoms with Crippen molar-refractivity contribution in [1.82, 2.24) is 9.55 Å². The molecule has 0 aliphatic carbocycles. The molecule has 31 heavy (non-hydrogen) atoms. The van der Waals surface area contributed by atoms with Crippen LogP contribution in [0.5, 0.6) is 0 Å². The number of aliphatic hydroxyl groups is 1. The van der Waals surface area contributed by atoms with Gasteiger partial charge >= 0.3 is 29.2 Å². The van der Waals surface area contributed by atoms with Gasteiger partial charge in [0.2, 0.25) is 0 Å². The van der Waals surface area contributed by atoms with E-state index in [0.717, 1.165) is 0 Å². The molecule has 1 aromatic rings. The number of rotatable bonds is 9. The van der Waals surface area contributed by atoms with Gasteiger partial charge < -0.3 is 35.2 Å². The Morgan fingerprint density at radius 1 is 1.29 bits per heavy atom. The van der Waals surface area contributed by atoms with Crippen LogP contribution in [0.15, 0.2) is 11.0 Å². The molecule has 1 fully saturated rings. The summed E-state index contributed by atoms with van der Waals surface area (Å²) >= 11 is 5.75. The van der Waals surface area contributed by atoms with Crippen molar-refractivity contribution in [3.63, 3.8) is 0 Å². The van der Waals surface area contributed by atoms with Gasteiger partial charge in [-0.25, -0.2) is 22.9 Å². The highest BCUT2D eigenvalue weighted by molar-refractivity contribution is 7.66. The maximum atomic E-state index is 13.6. The van der Waals surface area contributed by atoms with E-state index in [1.807, 2.05) is 0 Å². The minimum atomic E-state index is -5.76. The minimum absolute atomic E-state index is 0.391. The van der Waals surface area contributed by atoms with Crippen LogP contribution in [0.25, 0.3) is 0 Å². The number of alkyl halides is 1. The predicted octanol–water partition coefficient (Wildman–Crippen LogP) is -0.435. The molecular formula is C10H16ClFN3O13P3. The van der Waals surface area contributed by atoms with Crippen molar-refractivity contribution in [2.75, 3.05) is 18.2 Å². The highest BCUT2D eigenvalue weighted by Gasteiger charge is 2.51. The Balaban J connectivity index is 2.17. The fourth-order valence-corrected chi connectivity index (χ4v) is 5.82. The lowest BCUT2D eigenvalue weighted by Crippen LogP contribution is -2.45. The van der Waals surface area contributed by atoms with Crippen LogP contribution in [0.3, 0.4) is 0 Å². The van der Waals surface area contributed by atoms with E-state index in [2.05, 4.69) is 18.1 Å². The number of phosphoric ester groups is 1. The fraction of sp³-hybridized carbons (Fsp3) is 0.600. The quantitative estimate of drug-likeness (QED) is 0.174. The van der Waals surface area contributed by atoms with Crippen LogP contribution >= 0.6 is 35.1 Å². The van der Waals surface area contributed by atoms with Gasteiger partial charge in [-0.05, 0) is 0 Å². The highest BCUT2D eigenvalue weighted by Crippen LogP contribution is 2.66. The summed E-state index contributed by atoms with van der Waals surface area (Å²) in [4.78, 5) is 50.8. The van der Waals surface area contributed by atoms with Crippen molar-refractivity contribution in [2.24, 2.45) is 0 Å². The van der Waals surface area contributed by atoms with Gasteiger partial charge in [-0.1, -0.05) is 0 Å². The number of hydrogen-bond acceptors (Lipinski definition) is 11. The van der Waals surface area contributed by atoms with Crippen molar-refractivity contribution in [1.29, 1.82) is 0 Å². The van der Waals surface area contributed by atoms with Crippen LogP contribution in [0.4, 0.5) is 10.2 Å². The predicted molar refractivity (Wildman–Crippen MR) is 96.9 cm³/mol. The van der Waals surface area contributed by atoms with Crippen LogP contribution in [0.1, 0.15) is 12.6 Å². The average molecular weight is 534 g/mol. The topological polar surface area (TPSA) is 250 Å². The van der Waals surface area contributed by atoms with Crippen LogP contribution in [0.2, 0.25) is 0 Å². The first-order valence-corrected chi connectivity index (χ1v) is 12.8. The van der Waals surface area contributed by atoms with E-state index in [-0.39, 0.29) is 0 Å². The fourth-order valence-electron chi connectivity index (χ4n) is 2.42. The lowest BCUT2D eigenvalue weighted by molar-refractivity contribution is -0.112. The maximum Gasteiger partial charge on any atom is 0.490 e. The molecule has 0 spiro atoms. The molecule has 21 heteroatoms. The number of hydrogen-bond donors (Lipinski definition) is 6. The number of ether oxygens (including phenoxy) is 1. The molecule has 0 radical (unpaired) electrons. The van der Waals surface area contributed by atoms with Crippen LogP contribution in [-0.4, -0.2) is 58.4 Å². The zero-order chi connectivity index (χ0) is 23.8. The highest BCUT2D eigenvalue weighted by atomic mass is 35.5. The van der Waals surface area contributed by atoms with Gasteiger partial charge in [0.05, 0.1) is 24.8 Å². The van der Waals surface area contributed by atoms with E-state index in [9.17, 15) is 32.9 Å². The Morgan fingerprint density at radius 2 is 1.90 bits per heavy atom. The van der Waals surface area contributed by atoms with E-state index < -0.39 is 77.6 Å². The minimum Gasteiger partial charge on any atom is -0.390 e. The normalized spacial score (nSPS) is 28.2. The average Bonchev–Trinajstić information content (AvgIpc) is 2.90. The van der Waals surface area contributed by atoms with Crippen LogP contribution in [0, 0.1) is 5.82 Å². The molecule has 1 saturated heterocycles. The van der Waals surface area contributed by atoms with E-state index >= 15 is 0 Å². The summed E-state index contributed by atoms with van der Waals surface area (Å²) in [7, 11) is -16.9. The molecule has 0 amide bonds. The molecule has 2 heterocycles. The molecule has 5 atom stereocenters. The molecule has 1 aliphatic heterocycles. The van der Waals surface area contributed by atoms with Crippen molar-refractivity contribution < 1.29 is 60.6 Å². The molecule has 0 bridgehead atoms. The number of halogens is 2. The van der Waals surface area contributed by atoms with Gasteiger partial charge in [-0.3, -0.25) is 9.09 Å². The smallest absolute Gasteiger partial charge is 0.390 e. The number of nitrogens with two attached hydrogens (primary N) is 1. The molecule has 7 N–H and O–H groups in total.